The molecule has 2 heterocycles. The highest BCUT2D eigenvalue weighted by Crippen LogP contribution is 2.22. The molecular formula is C12H18O4. The Morgan fingerprint density at radius 2 is 2.19 bits per heavy atom. The first-order chi connectivity index (χ1) is 7.72. The molecule has 0 bridgehead atoms. The minimum atomic E-state index is -0.377. The van der Waals surface area contributed by atoms with E-state index in [9.17, 15) is 0 Å². The second kappa shape index (κ2) is 4.99. The summed E-state index contributed by atoms with van der Waals surface area (Å²) in [4.78, 5) is 0. The van der Waals surface area contributed by atoms with Crippen LogP contribution in [0, 0.1) is 0 Å². The Balaban J connectivity index is 1.80. The molecule has 1 fully saturated rings. The van der Waals surface area contributed by atoms with Crippen LogP contribution in [0.3, 0.4) is 0 Å². The van der Waals surface area contributed by atoms with E-state index < -0.39 is 0 Å². The number of ether oxygens (including phenoxy) is 3. The summed E-state index contributed by atoms with van der Waals surface area (Å²) in [6.07, 6.45) is 2.43. The van der Waals surface area contributed by atoms with Gasteiger partial charge in [-0.1, -0.05) is 6.92 Å². The van der Waals surface area contributed by atoms with Crippen molar-refractivity contribution in [2.75, 3.05) is 13.2 Å². The summed E-state index contributed by atoms with van der Waals surface area (Å²) in [6, 6.07) is 3.74. The Kier molecular flexibility index (Phi) is 3.63. The maximum absolute atomic E-state index is 5.76. The molecule has 0 aromatic carbocycles. The normalized spacial score (nSPS) is 30.5. The van der Waals surface area contributed by atoms with Gasteiger partial charge in [-0.05, 0) is 25.5 Å². The zero-order valence-electron chi connectivity index (χ0n) is 9.77. The third-order valence-corrected chi connectivity index (χ3v) is 2.63. The number of hydrogen-bond donors (Lipinski definition) is 0. The molecule has 1 aromatic rings. The van der Waals surface area contributed by atoms with Crippen molar-refractivity contribution in [2.24, 2.45) is 0 Å². The third-order valence-electron chi connectivity index (χ3n) is 2.63. The van der Waals surface area contributed by atoms with E-state index in [1.807, 2.05) is 26.0 Å². The van der Waals surface area contributed by atoms with E-state index >= 15 is 0 Å². The second-order valence-electron chi connectivity index (χ2n) is 4.28. The average Bonchev–Trinajstić information content (AvgIpc) is 2.81. The predicted octanol–water partition coefficient (Wildman–Crippen LogP) is 2.34. The van der Waals surface area contributed by atoms with Crippen LogP contribution in [0.2, 0.25) is 0 Å². The molecule has 0 saturated carbocycles. The van der Waals surface area contributed by atoms with Gasteiger partial charge in [-0.2, -0.15) is 0 Å². The Morgan fingerprint density at radius 3 is 2.75 bits per heavy atom. The lowest BCUT2D eigenvalue weighted by Gasteiger charge is -2.36. The van der Waals surface area contributed by atoms with E-state index in [-0.39, 0.29) is 11.9 Å². The minimum Gasteiger partial charge on any atom is -0.467 e. The van der Waals surface area contributed by atoms with Crippen LogP contribution in [0.4, 0.5) is 0 Å². The van der Waals surface area contributed by atoms with Gasteiger partial charge in [0, 0.05) is 0 Å². The molecule has 0 unspecified atom stereocenters. The quantitative estimate of drug-likeness (QED) is 0.790. The summed E-state index contributed by atoms with van der Waals surface area (Å²) < 4.78 is 22.0. The van der Waals surface area contributed by atoms with Crippen LogP contribution >= 0.6 is 0 Å². The summed E-state index contributed by atoms with van der Waals surface area (Å²) in [5, 5.41) is 0. The lowest BCUT2D eigenvalue weighted by Crippen LogP contribution is -2.46. The highest BCUT2D eigenvalue weighted by atomic mass is 16.7. The van der Waals surface area contributed by atoms with Crippen LogP contribution in [-0.2, 0) is 20.8 Å². The minimum absolute atomic E-state index is 0.0831. The molecule has 4 heteroatoms. The molecule has 0 spiro atoms. The van der Waals surface area contributed by atoms with E-state index in [2.05, 4.69) is 0 Å². The summed E-state index contributed by atoms with van der Waals surface area (Å²) in [5.74, 6) is 0.818. The molecule has 2 rings (SSSR count). The van der Waals surface area contributed by atoms with Crippen molar-refractivity contribution in [3.63, 3.8) is 0 Å². The highest BCUT2D eigenvalue weighted by molar-refractivity contribution is 4.96. The fraction of sp³-hybridized carbons (Fsp3) is 0.667. The van der Waals surface area contributed by atoms with Crippen molar-refractivity contribution in [2.45, 2.75) is 38.8 Å². The lowest BCUT2D eigenvalue weighted by molar-refractivity contribution is -0.264. The van der Waals surface area contributed by atoms with Gasteiger partial charge in [-0.25, -0.2) is 0 Å². The Labute approximate surface area is 95.5 Å². The Hall–Kier alpha value is -0.840. The van der Waals surface area contributed by atoms with E-state index in [1.165, 1.54) is 0 Å². The predicted molar refractivity (Wildman–Crippen MR) is 57.9 cm³/mol. The maximum Gasteiger partial charge on any atom is 0.157 e. The molecule has 1 aliphatic heterocycles. The van der Waals surface area contributed by atoms with Gasteiger partial charge in [0.25, 0.3) is 0 Å². The van der Waals surface area contributed by atoms with Gasteiger partial charge in [-0.3, -0.25) is 0 Å². The zero-order chi connectivity index (χ0) is 11.4. The topological polar surface area (TPSA) is 40.8 Å². The molecule has 0 aliphatic carbocycles. The SMILES string of the molecule is CCC1OCC(C)(OCc2ccco2)CO1. The van der Waals surface area contributed by atoms with E-state index in [1.54, 1.807) is 6.26 Å². The van der Waals surface area contributed by atoms with Gasteiger partial charge in [0.05, 0.1) is 19.5 Å². The van der Waals surface area contributed by atoms with Gasteiger partial charge >= 0.3 is 0 Å². The smallest absolute Gasteiger partial charge is 0.157 e. The number of hydrogen-bond acceptors (Lipinski definition) is 4. The molecule has 90 valence electrons. The van der Waals surface area contributed by atoms with Gasteiger partial charge in [0.2, 0.25) is 0 Å². The fourth-order valence-electron chi connectivity index (χ4n) is 1.59. The molecule has 4 nitrogen and oxygen atoms in total. The van der Waals surface area contributed by atoms with E-state index in [4.69, 9.17) is 18.6 Å². The average molecular weight is 226 g/mol. The van der Waals surface area contributed by atoms with Crippen molar-refractivity contribution in [1.82, 2.24) is 0 Å². The Morgan fingerprint density at radius 1 is 1.44 bits per heavy atom. The Bertz CT molecular complexity index is 299. The molecule has 0 amide bonds. The number of rotatable bonds is 4. The van der Waals surface area contributed by atoms with Crippen molar-refractivity contribution >= 4 is 0 Å². The molecule has 0 N–H and O–H groups in total. The summed E-state index contributed by atoms with van der Waals surface area (Å²) >= 11 is 0. The summed E-state index contributed by atoms with van der Waals surface area (Å²) in [5.41, 5.74) is -0.377. The van der Waals surface area contributed by atoms with Crippen LogP contribution in [0.5, 0.6) is 0 Å². The van der Waals surface area contributed by atoms with E-state index in [0.717, 1.165) is 12.2 Å². The molecule has 1 aliphatic rings. The van der Waals surface area contributed by atoms with Gasteiger partial charge in [0.1, 0.15) is 18.0 Å². The van der Waals surface area contributed by atoms with E-state index in [0.29, 0.717) is 19.8 Å². The van der Waals surface area contributed by atoms with Gasteiger partial charge in [-0.15, -0.1) is 0 Å². The molecule has 0 atom stereocenters. The van der Waals surface area contributed by atoms with Crippen LogP contribution in [0.1, 0.15) is 26.0 Å². The van der Waals surface area contributed by atoms with Crippen molar-refractivity contribution in [1.29, 1.82) is 0 Å². The van der Waals surface area contributed by atoms with Gasteiger partial charge in [0.15, 0.2) is 6.29 Å². The first-order valence-electron chi connectivity index (χ1n) is 5.61. The summed E-state index contributed by atoms with van der Waals surface area (Å²) in [7, 11) is 0. The first kappa shape index (κ1) is 11.6. The molecule has 1 saturated heterocycles. The van der Waals surface area contributed by atoms with Crippen LogP contribution < -0.4 is 0 Å². The second-order valence-corrected chi connectivity index (χ2v) is 4.28. The van der Waals surface area contributed by atoms with Crippen LogP contribution in [-0.4, -0.2) is 25.1 Å². The monoisotopic (exact) mass is 226 g/mol. The highest BCUT2D eigenvalue weighted by Gasteiger charge is 2.33. The maximum atomic E-state index is 5.76. The molecule has 16 heavy (non-hydrogen) atoms. The van der Waals surface area contributed by atoms with Gasteiger partial charge < -0.3 is 18.6 Å². The fourth-order valence-corrected chi connectivity index (χ4v) is 1.59. The number of furan rings is 1. The first-order valence-corrected chi connectivity index (χ1v) is 5.61. The van der Waals surface area contributed by atoms with Crippen LogP contribution in [0.15, 0.2) is 22.8 Å². The van der Waals surface area contributed by atoms with Crippen molar-refractivity contribution < 1.29 is 18.6 Å². The lowest BCUT2D eigenvalue weighted by atomic mass is 10.1. The summed E-state index contributed by atoms with van der Waals surface area (Å²) in [6.45, 7) is 5.60. The molecular weight excluding hydrogens is 208 g/mol. The largest absolute Gasteiger partial charge is 0.467 e. The zero-order valence-corrected chi connectivity index (χ0v) is 9.77. The van der Waals surface area contributed by atoms with Crippen LogP contribution in [0.25, 0.3) is 0 Å². The third kappa shape index (κ3) is 2.84. The molecule has 0 radical (unpaired) electrons. The molecule has 1 aromatic heterocycles. The van der Waals surface area contributed by atoms with Crippen molar-refractivity contribution in [3.8, 4) is 0 Å². The standard InChI is InChI=1S/C12H18O4/c1-3-11-14-8-12(2,9-15-11)16-7-10-5-4-6-13-10/h4-6,11H,3,7-9H2,1-2H3. The van der Waals surface area contributed by atoms with Crippen molar-refractivity contribution in [3.05, 3.63) is 24.2 Å².